The van der Waals surface area contributed by atoms with E-state index in [0.29, 0.717) is 24.9 Å². The average Bonchev–Trinajstić information content (AvgIpc) is 3.18. The van der Waals surface area contributed by atoms with E-state index in [-0.39, 0.29) is 12.6 Å². The molecule has 0 saturated carbocycles. The zero-order chi connectivity index (χ0) is 15.4. The van der Waals surface area contributed by atoms with E-state index >= 15 is 0 Å². The lowest BCUT2D eigenvalue weighted by atomic mass is 10.2. The molecular weight excluding hydrogens is 282 g/mol. The molecule has 1 aromatic heterocycles. The van der Waals surface area contributed by atoms with Gasteiger partial charge in [0.25, 0.3) is 0 Å². The Morgan fingerprint density at radius 1 is 1.36 bits per heavy atom. The van der Waals surface area contributed by atoms with Crippen LogP contribution < -0.4 is 4.74 Å². The fourth-order valence-electron chi connectivity index (χ4n) is 2.79. The van der Waals surface area contributed by atoms with Crippen molar-refractivity contribution in [3.63, 3.8) is 0 Å². The zero-order valence-corrected chi connectivity index (χ0v) is 12.7. The van der Waals surface area contributed by atoms with Crippen molar-refractivity contribution < 1.29 is 14.4 Å². The van der Waals surface area contributed by atoms with Gasteiger partial charge in [-0.15, -0.1) is 0 Å². The van der Waals surface area contributed by atoms with Gasteiger partial charge in [0.2, 0.25) is 11.7 Å². The molecule has 0 spiro atoms. The summed E-state index contributed by atoms with van der Waals surface area (Å²) in [5.41, 5.74) is 0.901. The number of hydrogen-bond donors (Lipinski definition) is 1. The fourth-order valence-corrected chi connectivity index (χ4v) is 2.79. The Hall–Kier alpha value is -1.92. The molecular formula is C16H21N3O3. The second-order valence-electron chi connectivity index (χ2n) is 5.42. The zero-order valence-electron chi connectivity index (χ0n) is 12.7. The highest BCUT2D eigenvalue weighted by Crippen LogP contribution is 2.22. The van der Waals surface area contributed by atoms with E-state index in [1.165, 1.54) is 0 Å². The van der Waals surface area contributed by atoms with Crippen LogP contribution in [0.3, 0.4) is 0 Å². The summed E-state index contributed by atoms with van der Waals surface area (Å²) in [6.45, 7) is 4.34. The molecule has 0 aliphatic carbocycles. The van der Waals surface area contributed by atoms with Crippen LogP contribution in [-0.4, -0.2) is 45.9 Å². The number of likely N-dealkylation sites (tertiary alicyclic amines) is 1. The van der Waals surface area contributed by atoms with Crippen molar-refractivity contribution in [2.45, 2.75) is 32.4 Å². The number of rotatable bonds is 6. The van der Waals surface area contributed by atoms with Gasteiger partial charge in [0.05, 0.1) is 19.8 Å². The number of nitrogens with zero attached hydrogens (tertiary/aromatic N) is 3. The van der Waals surface area contributed by atoms with Gasteiger partial charge in [0, 0.05) is 11.6 Å². The molecule has 1 N–H and O–H groups in total. The van der Waals surface area contributed by atoms with Gasteiger partial charge in [-0.25, -0.2) is 0 Å². The van der Waals surface area contributed by atoms with Crippen molar-refractivity contribution in [2.75, 3.05) is 19.8 Å². The summed E-state index contributed by atoms with van der Waals surface area (Å²) in [5, 5.41) is 13.4. The molecule has 1 atom stereocenters. The molecule has 118 valence electrons. The fraction of sp³-hybridized carbons (Fsp3) is 0.500. The standard InChI is InChI=1S/C16H21N3O3/c1-2-21-14-7-5-12(6-8-14)16-17-15(22-18-16)10-19-9-3-4-13(19)11-20/h5-8,13,20H,2-4,9-11H2,1H3. The average molecular weight is 303 g/mol. The van der Waals surface area contributed by atoms with Gasteiger partial charge in [-0.2, -0.15) is 4.98 Å². The lowest BCUT2D eigenvalue weighted by Crippen LogP contribution is -2.31. The van der Waals surface area contributed by atoms with Crippen molar-refractivity contribution in [3.05, 3.63) is 30.2 Å². The molecule has 3 rings (SSSR count). The van der Waals surface area contributed by atoms with Crippen LogP contribution in [0.1, 0.15) is 25.7 Å². The third kappa shape index (κ3) is 3.28. The molecule has 6 heteroatoms. The van der Waals surface area contributed by atoms with Gasteiger partial charge in [0.15, 0.2) is 0 Å². The normalized spacial score (nSPS) is 18.7. The van der Waals surface area contributed by atoms with Crippen LogP contribution >= 0.6 is 0 Å². The van der Waals surface area contributed by atoms with Gasteiger partial charge in [-0.1, -0.05) is 5.16 Å². The Balaban J connectivity index is 1.68. The minimum absolute atomic E-state index is 0.180. The largest absolute Gasteiger partial charge is 0.494 e. The Labute approximate surface area is 129 Å². The van der Waals surface area contributed by atoms with Gasteiger partial charge < -0.3 is 14.4 Å². The van der Waals surface area contributed by atoms with Crippen molar-refractivity contribution in [1.29, 1.82) is 0 Å². The van der Waals surface area contributed by atoms with E-state index in [2.05, 4.69) is 15.0 Å². The summed E-state index contributed by atoms with van der Waals surface area (Å²) in [6, 6.07) is 7.85. The molecule has 2 aromatic rings. The molecule has 0 amide bonds. The van der Waals surface area contributed by atoms with Crippen LogP contribution in [0.15, 0.2) is 28.8 Å². The van der Waals surface area contributed by atoms with Gasteiger partial charge in [-0.3, -0.25) is 4.90 Å². The van der Waals surface area contributed by atoms with Crippen LogP contribution in [0.5, 0.6) is 5.75 Å². The van der Waals surface area contributed by atoms with E-state index in [1.54, 1.807) is 0 Å². The van der Waals surface area contributed by atoms with E-state index in [1.807, 2.05) is 31.2 Å². The molecule has 1 aliphatic heterocycles. The van der Waals surface area contributed by atoms with E-state index in [9.17, 15) is 5.11 Å². The quantitative estimate of drug-likeness (QED) is 0.881. The number of ether oxygens (including phenoxy) is 1. The topological polar surface area (TPSA) is 71.6 Å². The van der Waals surface area contributed by atoms with Gasteiger partial charge in [0.1, 0.15) is 5.75 Å². The number of hydrogen-bond acceptors (Lipinski definition) is 6. The second kappa shape index (κ2) is 6.89. The SMILES string of the molecule is CCOc1ccc(-c2noc(CN3CCCC3CO)n2)cc1. The predicted molar refractivity (Wildman–Crippen MR) is 81.4 cm³/mol. The van der Waals surface area contributed by atoms with Crippen molar-refractivity contribution in [3.8, 4) is 17.1 Å². The van der Waals surface area contributed by atoms with E-state index < -0.39 is 0 Å². The summed E-state index contributed by atoms with van der Waals surface area (Å²) >= 11 is 0. The lowest BCUT2D eigenvalue weighted by molar-refractivity contribution is 0.141. The molecule has 1 unspecified atom stereocenters. The minimum atomic E-state index is 0.180. The molecule has 0 radical (unpaired) electrons. The van der Waals surface area contributed by atoms with Crippen LogP contribution in [0.4, 0.5) is 0 Å². The van der Waals surface area contributed by atoms with Gasteiger partial charge in [-0.05, 0) is 50.6 Å². The molecule has 1 saturated heterocycles. The molecule has 1 aromatic carbocycles. The highest BCUT2D eigenvalue weighted by molar-refractivity contribution is 5.55. The molecule has 1 aliphatic rings. The van der Waals surface area contributed by atoms with Crippen LogP contribution in [0, 0.1) is 0 Å². The molecule has 2 heterocycles. The second-order valence-corrected chi connectivity index (χ2v) is 5.42. The van der Waals surface area contributed by atoms with E-state index in [4.69, 9.17) is 9.26 Å². The Bertz CT molecular complexity index is 597. The van der Waals surface area contributed by atoms with Crippen molar-refractivity contribution >= 4 is 0 Å². The van der Waals surface area contributed by atoms with Crippen LogP contribution in [0.25, 0.3) is 11.4 Å². The number of aromatic nitrogens is 2. The van der Waals surface area contributed by atoms with Crippen molar-refractivity contribution in [1.82, 2.24) is 15.0 Å². The first kappa shape index (κ1) is 15.0. The number of aliphatic hydroxyl groups is 1. The van der Waals surface area contributed by atoms with Crippen LogP contribution in [0.2, 0.25) is 0 Å². The van der Waals surface area contributed by atoms with Crippen molar-refractivity contribution in [2.24, 2.45) is 0 Å². The predicted octanol–water partition coefficient (Wildman–Crippen LogP) is 2.09. The summed E-state index contributed by atoms with van der Waals surface area (Å²) in [5.74, 6) is 2.00. The maximum Gasteiger partial charge on any atom is 0.241 e. The summed E-state index contributed by atoms with van der Waals surface area (Å²) in [7, 11) is 0. The molecule has 1 fully saturated rings. The summed E-state index contributed by atoms with van der Waals surface area (Å²) in [4.78, 5) is 6.64. The highest BCUT2D eigenvalue weighted by Gasteiger charge is 2.25. The molecule has 0 bridgehead atoms. The number of aliphatic hydroxyl groups excluding tert-OH is 1. The minimum Gasteiger partial charge on any atom is -0.494 e. The Morgan fingerprint density at radius 2 is 2.18 bits per heavy atom. The maximum absolute atomic E-state index is 9.35. The third-order valence-corrected chi connectivity index (χ3v) is 3.94. The highest BCUT2D eigenvalue weighted by atomic mass is 16.5. The first-order valence-corrected chi connectivity index (χ1v) is 7.71. The first-order valence-electron chi connectivity index (χ1n) is 7.71. The lowest BCUT2D eigenvalue weighted by Gasteiger charge is -2.20. The summed E-state index contributed by atoms with van der Waals surface area (Å²) < 4.78 is 10.8. The Kier molecular flexibility index (Phi) is 4.70. The third-order valence-electron chi connectivity index (χ3n) is 3.94. The smallest absolute Gasteiger partial charge is 0.241 e. The van der Waals surface area contributed by atoms with Crippen LogP contribution in [-0.2, 0) is 6.54 Å². The molecule has 22 heavy (non-hydrogen) atoms. The monoisotopic (exact) mass is 303 g/mol. The van der Waals surface area contributed by atoms with E-state index in [0.717, 1.165) is 30.7 Å². The summed E-state index contributed by atoms with van der Waals surface area (Å²) in [6.07, 6.45) is 2.13. The maximum atomic E-state index is 9.35. The number of benzene rings is 1. The Morgan fingerprint density at radius 3 is 2.91 bits per heavy atom. The molecule has 6 nitrogen and oxygen atoms in total. The van der Waals surface area contributed by atoms with Gasteiger partial charge >= 0.3 is 0 Å². The first-order chi connectivity index (χ1) is 10.8.